The number of methoxy groups -OCH3 is 1. The zero-order valence-electron chi connectivity index (χ0n) is 10.0. The molecule has 0 aromatic heterocycles. The lowest BCUT2D eigenvalue weighted by Gasteiger charge is -2.34. The fourth-order valence-electron chi connectivity index (χ4n) is 1.95. The molecule has 0 spiro atoms. The number of hydrogen-bond donors (Lipinski definition) is 1. The third-order valence-electron chi connectivity index (χ3n) is 2.92. The fourth-order valence-corrected chi connectivity index (χ4v) is 1.95. The second-order valence-electron chi connectivity index (χ2n) is 4.57. The summed E-state index contributed by atoms with van der Waals surface area (Å²) in [5.41, 5.74) is -1.62. The third-order valence-corrected chi connectivity index (χ3v) is 2.92. The Balaban J connectivity index is 2.65. The standard InChI is InChI=1S/C11H19NO4/c1-8-5-4-6-12(9(8)13)7-11(2,15)10(14)16-3/h8,15H,4-7H2,1-3H3. The SMILES string of the molecule is COC(=O)C(C)(O)CN1CCCC(C)C1=O. The average Bonchev–Trinajstić information content (AvgIpc) is 2.23. The highest BCUT2D eigenvalue weighted by molar-refractivity contribution is 5.82. The largest absolute Gasteiger partial charge is 0.467 e. The van der Waals surface area contributed by atoms with E-state index in [0.29, 0.717) is 6.54 Å². The molecule has 1 aliphatic heterocycles. The van der Waals surface area contributed by atoms with E-state index in [-0.39, 0.29) is 18.4 Å². The van der Waals surface area contributed by atoms with Crippen molar-refractivity contribution in [2.24, 2.45) is 5.92 Å². The van der Waals surface area contributed by atoms with Crippen LogP contribution >= 0.6 is 0 Å². The Hall–Kier alpha value is -1.10. The Kier molecular flexibility index (Phi) is 3.91. The van der Waals surface area contributed by atoms with Gasteiger partial charge in [0.1, 0.15) is 0 Å². The van der Waals surface area contributed by atoms with E-state index in [9.17, 15) is 14.7 Å². The maximum Gasteiger partial charge on any atom is 0.339 e. The van der Waals surface area contributed by atoms with Crippen molar-refractivity contribution >= 4 is 11.9 Å². The van der Waals surface area contributed by atoms with Crippen molar-refractivity contribution < 1.29 is 19.4 Å². The van der Waals surface area contributed by atoms with Gasteiger partial charge in [0.05, 0.1) is 13.7 Å². The van der Waals surface area contributed by atoms with Gasteiger partial charge in [-0.1, -0.05) is 6.92 Å². The lowest BCUT2D eigenvalue weighted by molar-refractivity contribution is -0.164. The van der Waals surface area contributed by atoms with Gasteiger partial charge in [-0.15, -0.1) is 0 Å². The molecule has 0 bridgehead atoms. The van der Waals surface area contributed by atoms with Crippen molar-refractivity contribution in [1.82, 2.24) is 4.90 Å². The van der Waals surface area contributed by atoms with Gasteiger partial charge in [0.15, 0.2) is 5.60 Å². The molecule has 92 valence electrons. The first-order valence-corrected chi connectivity index (χ1v) is 5.48. The number of esters is 1. The third kappa shape index (κ3) is 2.72. The van der Waals surface area contributed by atoms with Crippen molar-refractivity contribution in [3.63, 3.8) is 0 Å². The van der Waals surface area contributed by atoms with Gasteiger partial charge < -0.3 is 14.7 Å². The molecule has 0 aromatic rings. The predicted octanol–water partition coefficient (Wildman–Crippen LogP) is 0.169. The van der Waals surface area contributed by atoms with Crippen LogP contribution in [0.1, 0.15) is 26.7 Å². The molecule has 1 saturated heterocycles. The van der Waals surface area contributed by atoms with Gasteiger partial charge in [-0.05, 0) is 19.8 Å². The van der Waals surface area contributed by atoms with E-state index >= 15 is 0 Å². The van der Waals surface area contributed by atoms with E-state index in [2.05, 4.69) is 4.74 Å². The number of carbonyl (C=O) groups excluding carboxylic acids is 2. The van der Waals surface area contributed by atoms with Crippen molar-refractivity contribution in [3.05, 3.63) is 0 Å². The molecule has 0 aromatic carbocycles. The number of piperidine rings is 1. The summed E-state index contributed by atoms with van der Waals surface area (Å²) in [4.78, 5) is 24.6. The summed E-state index contributed by atoms with van der Waals surface area (Å²) in [5.74, 6) is -0.740. The molecule has 1 rings (SSSR count). The van der Waals surface area contributed by atoms with Crippen LogP contribution in [0.4, 0.5) is 0 Å². The second-order valence-corrected chi connectivity index (χ2v) is 4.57. The van der Waals surface area contributed by atoms with Gasteiger partial charge in [0, 0.05) is 12.5 Å². The van der Waals surface area contributed by atoms with Gasteiger partial charge in [-0.3, -0.25) is 4.79 Å². The average molecular weight is 229 g/mol. The highest BCUT2D eigenvalue weighted by Gasteiger charge is 2.37. The van der Waals surface area contributed by atoms with E-state index in [4.69, 9.17) is 0 Å². The molecule has 2 atom stereocenters. The quantitative estimate of drug-likeness (QED) is 0.700. The summed E-state index contributed by atoms with van der Waals surface area (Å²) in [6.45, 7) is 3.83. The van der Waals surface area contributed by atoms with E-state index in [1.807, 2.05) is 6.92 Å². The van der Waals surface area contributed by atoms with Crippen molar-refractivity contribution in [3.8, 4) is 0 Å². The second kappa shape index (κ2) is 4.82. The Labute approximate surface area is 95.4 Å². The van der Waals surface area contributed by atoms with Crippen LogP contribution in [0, 0.1) is 5.92 Å². The summed E-state index contributed by atoms with van der Waals surface area (Å²) in [5, 5.41) is 9.87. The number of aliphatic hydroxyl groups is 1. The van der Waals surface area contributed by atoms with Crippen molar-refractivity contribution in [2.45, 2.75) is 32.3 Å². The maximum absolute atomic E-state index is 11.8. The fraction of sp³-hybridized carbons (Fsp3) is 0.818. The number of hydrogen-bond acceptors (Lipinski definition) is 4. The van der Waals surface area contributed by atoms with Crippen LogP contribution < -0.4 is 0 Å². The molecule has 0 radical (unpaired) electrons. The number of nitrogens with zero attached hydrogens (tertiary/aromatic N) is 1. The predicted molar refractivity (Wildman–Crippen MR) is 57.6 cm³/mol. The lowest BCUT2D eigenvalue weighted by atomic mass is 9.97. The molecular formula is C11H19NO4. The van der Waals surface area contributed by atoms with Crippen LogP contribution in [0.25, 0.3) is 0 Å². The normalized spacial score (nSPS) is 25.1. The summed E-state index contributed by atoms with van der Waals surface area (Å²) in [7, 11) is 1.22. The van der Waals surface area contributed by atoms with Gasteiger partial charge in [-0.2, -0.15) is 0 Å². The first-order chi connectivity index (χ1) is 7.38. The molecule has 1 N–H and O–H groups in total. The summed E-state index contributed by atoms with van der Waals surface area (Å²) < 4.78 is 4.49. The minimum atomic E-state index is -1.62. The Bertz CT molecular complexity index is 288. The number of amides is 1. The molecule has 1 fully saturated rings. The van der Waals surface area contributed by atoms with E-state index < -0.39 is 11.6 Å². The van der Waals surface area contributed by atoms with Crippen LogP contribution in [-0.4, -0.2) is 47.7 Å². The molecule has 5 heteroatoms. The molecular weight excluding hydrogens is 210 g/mol. The van der Waals surface area contributed by atoms with Crippen LogP contribution in [0.2, 0.25) is 0 Å². The molecule has 0 saturated carbocycles. The molecule has 1 heterocycles. The summed E-state index contributed by atoms with van der Waals surface area (Å²) >= 11 is 0. The van der Waals surface area contributed by atoms with Gasteiger partial charge in [-0.25, -0.2) is 4.79 Å². The van der Waals surface area contributed by atoms with E-state index in [1.165, 1.54) is 18.9 Å². The van der Waals surface area contributed by atoms with Crippen LogP contribution in [0.3, 0.4) is 0 Å². The van der Waals surface area contributed by atoms with Crippen LogP contribution in [0.5, 0.6) is 0 Å². The number of likely N-dealkylation sites (tertiary alicyclic amines) is 1. The zero-order valence-corrected chi connectivity index (χ0v) is 10.0. The smallest absolute Gasteiger partial charge is 0.339 e. The zero-order chi connectivity index (χ0) is 12.3. The van der Waals surface area contributed by atoms with Gasteiger partial charge in [0.2, 0.25) is 5.91 Å². The topological polar surface area (TPSA) is 66.8 Å². The van der Waals surface area contributed by atoms with E-state index in [0.717, 1.165) is 12.8 Å². The van der Waals surface area contributed by atoms with Crippen LogP contribution in [0.15, 0.2) is 0 Å². The Morgan fingerprint density at radius 1 is 1.69 bits per heavy atom. The number of ether oxygens (including phenoxy) is 1. The van der Waals surface area contributed by atoms with E-state index in [1.54, 1.807) is 0 Å². The first-order valence-electron chi connectivity index (χ1n) is 5.48. The number of carbonyl (C=O) groups is 2. The van der Waals surface area contributed by atoms with Crippen molar-refractivity contribution in [2.75, 3.05) is 20.2 Å². The molecule has 1 aliphatic rings. The Morgan fingerprint density at radius 3 is 2.88 bits per heavy atom. The maximum atomic E-state index is 11.8. The summed E-state index contributed by atoms with van der Waals surface area (Å²) in [6.07, 6.45) is 1.78. The molecule has 5 nitrogen and oxygen atoms in total. The minimum Gasteiger partial charge on any atom is -0.467 e. The van der Waals surface area contributed by atoms with Crippen molar-refractivity contribution in [1.29, 1.82) is 0 Å². The first kappa shape index (κ1) is 13.0. The van der Waals surface area contributed by atoms with Gasteiger partial charge in [0.25, 0.3) is 0 Å². The monoisotopic (exact) mass is 229 g/mol. The highest BCUT2D eigenvalue weighted by atomic mass is 16.5. The van der Waals surface area contributed by atoms with Crippen LogP contribution in [-0.2, 0) is 14.3 Å². The van der Waals surface area contributed by atoms with Gasteiger partial charge >= 0.3 is 5.97 Å². The number of rotatable bonds is 3. The molecule has 16 heavy (non-hydrogen) atoms. The molecule has 0 aliphatic carbocycles. The number of β-amino-alcohol motifs (C(OH)–C–C–N with tert-alkyl or cyclic N) is 1. The summed E-state index contributed by atoms with van der Waals surface area (Å²) in [6, 6.07) is 0. The minimum absolute atomic E-state index is 0.00282. The molecule has 1 amide bonds. The Morgan fingerprint density at radius 2 is 2.31 bits per heavy atom. The lowest BCUT2D eigenvalue weighted by Crippen LogP contribution is -2.52. The highest BCUT2D eigenvalue weighted by Crippen LogP contribution is 2.19. The molecule has 2 unspecified atom stereocenters.